The van der Waals surface area contributed by atoms with Crippen LogP contribution in [0.4, 0.5) is 0 Å². The maximum Gasteiger partial charge on any atom is -0.0359 e. The fourth-order valence-electron chi connectivity index (χ4n) is 5.15. The molecule has 0 aliphatic carbocycles. The van der Waals surface area contributed by atoms with E-state index in [-0.39, 0.29) is 0 Å². The molecule has 0 amide bonds. The molecular formula is C70H160. The summed E-state index contributed by atoms with van der Waals surface area (Å²) in [5.41, 5.74) is 2.13. The molecule has 0 aliphatic heterocycles. The first-order chi connectivity index (χ1) is 31.5. The van der Waals surface area contributed by atoms with E-state index >= 15 is 0 Å². The minimum Gasteiger partial charge on any atom is -0.0654 e. The first kappa shape index (κ1) is 92.6. The molecule has 0 heterocycles. The van der Waals surface area contributed by atoms with Crippen LogP contribution in [0.15, 0.2) is 0 Å². The predicted octanol–water partition coefficient (Wildman–Crippen LogP) is 27.6. The summed E-state index contributed by atoms with van der Waals surface area (Å²) < 4.78 is 0. The summed E-state index contributed by atoms with van der Waals surface area (Å²) in [4.78, 5) is 0. The Morgan fingerprint density at radius 1 is 0.314 bits per heavy atom. The Morgan fingerprint density at radius 2 is 0.557 bits per heavy atom. The third kappa shape index (κ3) is 105. The Labute approximate surface area is 457 Å². The fraction of sp³-hybridized carbons (Fsp3) is 1.00. The quantitative estimate of drug-likeness (QED) is 0.128. The van der Waals surface area contributed by atoms with E-state index in [1.54, 1.807) is 0 Å². The molecule has 0 radical (unpaired) electrons. The van der Waals surface area contributed by atoms with Crippen molar-refractivity contribution in [3.63, 3.8) is 0 Å². The second-order valence-electron chi connectivity index (χ2n) is 28.2. The summed E-state index contributed by atoms with van der Waals surface area (Å²) >= 11 is 0. The van der Waals surface area contributed by atoms with Crippen LogP contribution in [-0.4, -0.2) is 0 Å². The molecule has 0 aromatic rings. The highest BCUT2D eigenvalue weighted by atomic mass is 14.2. The molecule has 0 saturated carbocycles. The zero-order valence-corrected chi connectivity index (χ0v) is 58.7. The van der Waals surface area contributed by atoms with E-state index in [2.05, 4.69) is 270 Å². The normalized spacial score (nSPS) is 12.9. The summed E-state index contributed by atoms with van der Waals surface area (Å²) in [5, 5.41) is 0. The van der Waals surface area contributed by atoms with Gasteiger partial charge in [0.2, 0.25) is 0 Å². The average Bonchev–Trinajstić information content (AvgIpc) is 3.24. The van der Waals surface area contributed by atoms with Crippen molar-refractivity contribution in [2.75, 3.05) is 0 Å². The molecular weight excluding hydrogens is 841 g/mol. The van der Waals surface area contributed by atoms with E-state index in [0.29, 0.717) is 21.7 Å². The number of hydrogen-bond donors (Lipinski definition) is 0. The summed E-state index contributed by atoms with van der Waals surface area (Å²) in [6, 6.07) is 0. The van der Waals surface area contributed by atoms with Crippen LogP contribution in [0.3, 0.4) is 0 Å². The summed E-state index contributed by atoms with van der Waals surface area (Å²) in [5.74, 6) is 9.77. The highest BCUT2D eigenvalue weighted by Gasteiger charge is 2.14. The van der Waals surface area contributed by atoms with Crippen LogP contribution in [0.5, 0.6) is 0 Å². The highest BCUT2D eigenvalue weighted by molar-refractivity contribution is 4.65. The van der Waals surface area contributed by atoms with Crippen molar-refractivity contribution >= 4 is 0 Å². The van der Waals surface area contributed by atoms with Gasteiger partial charge in [0.05, 0.1) is 0 Å². The Bertz CT molecular complexity index is 785. The lowest BCUT2D eigenvalue weighted by atomic mass is 9.84. The molecule has 0 aromatic carbocycles. The first-order valence-electron chi connectivity index (χ1n) is 31.5. The van der Waals surface area contributed by atoms with Crippen LogP contribution in [0.25, 0.3) is 0 Å². The van der Waals surface area contributed by atoms with Gasteiger partial charge >= 0.3 is 0 Å². The lowest BCUT2D eigenvalue weighted by Gasteiger charge is -2.22. The van der Waals surface area contributed by atoms with Crippen LogP contribution in [0.2, 0.25) is 0 Å². The fourth-order valence-corrected chi connectivity index (χ4v) is 5.15. The van der Waals surface area contributed by atoms with Gasteiger partial charge < -0.3 is 0 Å². The van der Waals surface area contributed by atoms with Crippen molar-refractivity contribution in [3.05, 3.63) is 0 Å². The minimum atomic E-state index is 0.500. The molecule has 0 heteroatoms. The van der Waals surface area contributed by atoms with E-state index in [9.17, 15) is 0 Å². The lowest BCUT2D eigenvalue weighted by Crippen LogP contribution is -2.12. The third-order valence-electron chi connectivity index (χ3n) is 15.6. The smallest absolute Gasteiger partial charge is 0.0359 e. The van der Waals surface area contributed by atoms with Gasteiger partial charge in [0.1, 0.15) is 0 Å². The maximum atomic E-state index is 2.31. The van der Waals surface area contributed by atoms with Crippen molar-refractivity contribution in [3.8, 4) is 0 Å². The lowest BCUT2D eigenvalue weighted by molar-refractivity contribution is 0.283. The van der Waals surface area contributed by atoms with E-state index in [1.165, 1.54) is 103 Å². The second-order valence-corrected chi connectivity index (χ2v) is 28.2. The standard InChI is InChI=1S/10C7H16/c2*1-6(2)7(3,4)5;1-6(2)5-7(3)4;1-5-6-7(2,3)4;1-5-7(3,4)6-2;2*1-5-7(4)6(2)3;2*1-4-6-7(3)5-2;1-4-7(5-2)6-3/h2*6H,1-5H3;6-7H,5H2,1-4H3;2*5-6H2,1-4H3;2*6-7H,5H2,1-4H3;3*7H,4-6H2,1-3H3. The Morgan fingerprint density at radius 3 is 0.571 bits per heavy atom. The molecule has 0 rings (SSSR count). The number of hydrogen-bond acceptors (Lipinski definition) is 0. The summed E-state index contributed by atoms with van der Waals surface area (Å²) in [6.45, 7) is 88.3. The molecule has 0 N–H and O–H groups in total. The Hall–Kier alpha value is 0. The van der Waals surface area contributed by atoms with Crippen molar-refractivity contribution < 1.29 is 0 Å². The van der Waals surface area contributed by atoms with Gasteiger partial charge in [-0.1, -0.05) is 360 Å². The Balaban J connectivity index is -0.0000000714. The van der Waals surface area contributed by atoms with Gasteiger partial charge in [0, 0.05) is 0 Å². The number of rotatable bonds is 18. The zero-order chi connectivity index (χ0) is 58.7. The molecule has 440 valence electrons. The maximum absolute atomic E-state index is 2.31. The van der Waals surface area contributed by atoms with Crippen molar-refractivity contribution in [2.24, 2.45) is 86.8 Å². The molecule has 0 bridgehead atoms. The van der Waals surface area contributed by atoms with Crippen LogP contribution in [-0.2, 0) is 0 Å². The largest absolute Gasteiger partial charge is 0.0654 e. The van der Waals surface area contributed by atoms with Crippen LogP contribution >= 0.6 is 0 Å². The summed E-state index contributed by atoms with van der Waals surface area (Å²) in [6.07, 6.45) is 21.5. The average molecular weight is 1000 g/mol. The zero-order valence-electron chi connectivity index (χ0n) is 58.7. The molecule has 70 heavy (non-hydrogen) atoms. The highest BCUT2D eigenvalue weighted by Crippen LogP contribution is 2.25. The molecule has 0 fully saturated rings. The van der Waals surface area contributed by atoms with Crippen LogP contribution < -0.4 is 0 Å². The van der Waals surface area contributed by atoms with Gasteiger partial charge in [-0.3, -0.25) is 0 Å². The van der Waals surface area contributed by atoms with Gasteiger partial charge in [-0.25, -0.2) is 0 Å². The predicted molar refractivity (Wildman–Crippen MR) is 343 cm³/mol. The van der Waals surface area contributed by atoms with Gasteiger partial charge in [-0.15, -0.1) is 0 Å². The molecule has 0 nitrogen and oxygen atoms in total. The molecule has 0 aliphatic rings. The van der Waals surface area contributed by atoms with Gasteiger partial charge in [-0.2, -0.15) is 0 Å². The van der Waals surface area contributed by atoms with E-state index in [0.717, 1.165) is 65.1 Å². The second kappa shape index (κ2) is 59.9. The molecule has 0 spiro atoms. The van der Waals surface area contributed by atoms with E-state index in [1.807, 2.05) is 0 Å². The molecule has 0 saturated heterocycles. The van der Waals surface area contributed by atoms with Gasteiger partial charge in [-0.05, 0) is 99.6 Å². The molecule has 4 atom stereocenters. The van der Waals surface area contributed by atoms with Gasteiger partial charge in [0.15, 0.2) is 0 Å². The SMILES string of the molecule is CC(C)C(C)(C)C.CC(C)C(C)(C)C.CC(C)CC(C)C.CCC(C)(C)CC.CCC(C)C(C)C.CCC(C)C(C)C.CCC(CC)CC.CCCC(C)(C)C.CCCC(C)CC.CCCC(C)CC. The van der Waals surface area contributed by atoms with Crippen molar-refractivity contribution in [2.45, 2.75) is 373 Å². The summed E-state index contributed by atoms with van der Waals surface area (Å²) in [7, 11) is 0. The third-order valence-corrected chi connectivity index (χ3v) is 15.6. The first-order valence-corrected chi connectivity index (χ1v) is 31.5. The van der Waals surface area contributed by atoms with Crippen LogP contribution in [0.1, 0.15) is 373 Å². The molecule has 0 aromatic heterocycles. The van der Waals surface area contributed by atoms with E-state index in [4.69, 9.17) is 0 Å². The topological polar surface area (TPSA) is 0 Å². The van der Waals surface area contributed by atoms with E-state index < -0.39 is 0 Å². The van der Waals surface area contributed by atoms with Crippen molar-refractivity contribution in [1.29, 1.82) is 0 Å². The Kier molecular flexibility index (Phi) is 79.2. The van der Waals surface area contributed by atoms with Crippen molar-refractivity contribution in [1.82, 2.24) is 0 Å². The monoisotopic (exact) mass is 1000 g/mol. The molecule has 4 unspecified atom stereocenters. The van der Waals surface area contributed by atoms with Crippen LogP contribution in [0, 0.1) is 86.8 Å². The van der Waals surface area contributed by atoms with Gasteiger partial charge in [0.25, 0.3) is 0 Å². The minimum absolute atomic E-state index is 0.500.